The number of benzene rings is 1. The number of amides is 2. The van der Waals surface area contributed by atoms with Crippen LogP contribution in [-0.2, 0) is 15.8 Å². The third-order valence-electron chi connectivity index (χ3n) is 4.24. The second kappa shape index (κ2) is 9.36. The smallest absolute Gasteiger partial charge is 0.328 e. The summed E-state index contributed by atoms with van der Waals surface area (Å²) in [4.78, 5) is 26.8. The number of quaternary nitrogens is 1. The number of piperazine rings is 1. The molecule has 0 saturated carbocycles. The van der Waals surface area contributed by atoms with Crippen molar-refractivity contribution in [1.29, 1.82) is 0 Å². The first-order valence-electron chi connectivity index (χ1n) is 8.69. The molecule has 27 heavy (non-hydrogen) atoms. The molecular formula is C19H23F3N3O2+. The zero-order valence-electron chi connectivity index (χ0n) is 15.1. The lowest BCUT2D eigenvalue weighted by Crippen LogP contribution is -3.15. The maximum Gasteiger partial charge on any atom is 0.418 e. The van der Waals surface area contributed by atoms with Gasteiger partial charge < -0.3 is 15.1 Å². The summed E-state index contributed by atoms with van der Waals surface area (Å²) in [5, 5.41) is 2.35. The molecule has 1 aliphatic rings. The van der Waals surface area contributed by atoms with E-state index in [0.29, 0.717) is 26.2 Å². The van der Waals surface area contributed by atoms with Gasteiger partial charge in [0.1, 0.15) is 0 Å². The Morgan fingerprint density at radius 1 is 1.19 bits per heavy atom. The summed E-state index contributed by atoms with van der Waals surface area (Å²) in [6.07, 6.45) is 2.23. The molecule has 1 aromatic carbocycles. The number of nitrogens with zero attached hydrogens (tertiary/aromatic N) is 1. The van der Waals surface area contributed by atoms with E-state index in [4.69, 9.17) is 0 Å². The Labute approximate surface area is 156 Å². The maximum atomic E-state index is 13.0. The number of alkyl halides is 3. The molecule has 5 nitrogen and oxygen atoms in total. The van der Waals surface area contributed by atoms with E-state index in [0.717, 1.165) is 11.0 Å². The molecule has 2 rings (SSSR count). The summed E-state index contributed by atoms with van der Waals surface area (Å²) in [5.74, 6) is -0.565. The number of anilines is 1. The number of carbonyl (C=O) groups excluding carboxylic acids is 2. The van der Waals surface area contributed by atoms with E-state index in [-0.39, 0.29) is 18.1 Å². The fourth-order valence-corrected chi connectivity index (χ4v) is 2.84. The highest BCUT2D eigenvalue weighted by atomic mass is 19.4. The Hall–Kier alpha value is -2.61. The van der Waals surface area contributed by atoms with Gasteiger partial charge in [0.25, 0.3) is 5.91 Å². The van der Waals surface area contributed by atoms with Crippen molar-refractivity contribution < 1.29 is 27.7 Å². The van der Waals surface area contributed by atoms with Gasteiger partial charge in [-0.1, -0.05) is 30.4 Å². The molecule has 1 saturated heterocycles. The quantitative estimate of drug-likeness (QED) is 0.599. The minimum Gasteiger partial charge on any atom is -0.328 e. The molecule has 2 N–H and O–H groups in total. The normalized spacial score (nSPS) is 16.2. The van der Waals surface area contributed by atoms with Crippen LogP contribution in [0.1, 0.15) is 12.5 Å². The third-order valence-corrected chi connectivity index (χ3v) is 4.24. The molecule has 1 fully saturated rings. The zero-order chi connectivity index (χ0) is 19.9. The van der Waals surface area contributed by atoms with Crippen LogP contribution in [0.3, 0.4) is 0 Å². The van der Waals surface area contributed by atoms with Gasteiger partial charge in [-0.25, -0.2) is 0 Å². The summed E-state index contributed by atoms with van der Waals surface area (Å²) >= 11 is 0. The van der Waals surface area contributed by atoms with E-state index >= 15 is 0 Å². The maximum absolute atomic E-state index is 13.0. The number of allylic oxidation sites excluding steroid dienone is 3. The van der Waals surface area contributed by atoms with E-state index in [1.165, 1.54) is 24.3 Å². The predicted molar refractivity (Wildman–Crippen MR) is 96.2 cm³/mol. The molecule has 1 aliphatic heterocycles. The second-order valence-electron chi connectivity index (χ2n) is 6.23. The Morgan fingerprint density at radius 2 is 1.85 bits per heavy atom. The monoisotopic (exact) mass is 382 g/mol. The van der Waals surface area contributed by atoms with Gasteiger partial charge in [0.15, 0.2) is 6.54 Å². The minimum absolute atomic E-state index is 0.0582. The van der Waals surface area contributed by atoms with Gasteiger partial charge in [0.05, 0.1) is 37.4 Å². The fourth-order valence-electron chi connectivity index (χ4n) is 2.84. The van der Waals surface area contributed by atoms with Crippen molar-refractivity contribution >= 4 is 17.5 Å². The number of hydrogen-bond acceptors (Lipinski definition) is 2. The summed E-state index contributed by atoms with van der Waals surface area (Å²) < 4.78 is 39.0. The number of hydrogen-bond donors (Lipinski definition) is 2. The lowest BCUT2D eigenvalue weighted by atomic mass is 10.1. The predicted octanol–water partition coefficient (Wildman–Crippen LogP) is 1.50. The summed E-state index contributed by atoms with van der Waals surface area (Å²) in [7, 11) is 0. The summed E-state index contributed by atoms with van der Waals surface area (Å²) in [6.45, 7) is 4.05. The lowest BCUT2D eigenvalue weighted by Gasteiger charge is -2.31. The largest absolute Gasteiger partial charge is 0.418 e. The number of para-hydroxylation sites is 1. The average Bonchev–Trinajstić information content (AvgIpc) is 2.62. The highest BCUT2D eigenvalue weighted by molar-refractivity contribution is 5.92. The first kappa shape index (κ1) is 20.7. The molecule has 0 unspecified atom stereocenters. The van der Waals surface area contributed by atoms with Crippen LogP contribution in [0, 0.1) is 0 Å². The molecule has 0 atom stereocenters. The molecule has 0 aliphatic carbocycles. The van der Waals surface area contributed by atoms with Gasteiger partial charge in [-0.15, -0.1) is 0 Å². The molecule has 0 spiro atoms. The van der Waals surface area contributed by atoms with Crippen molar-refractivity contribution in [3.8, 4) is 0 Å². The van der Waals surface area contributed by atoms with E-state index in [2.05, 4.69) is 5.32 Å². The van der Waals surface area contributed by atoms with E-state index in [9.17, 15) is 22.8 Å². The first-order chi connectivity index (χ1) is 12.8. The molecular weight excluding hydrogens is 359 g/mol. The van der Waals surface area contributed by atoms with Crippen LogP contribution in [0.4, 0.5) is 18.9 Å². The Balaban J connectivity index is 1.86. The van der Waals surface area contributed by atoms with Crippen LogP contribution in [0.25, 0.3) is 0 Å². The molecule has 2 amide bonds. The van der Waals surface area contributed by atoms with Crippen molar-refractivity contribution in [1.82, 2.24) is 4.90 Å². The molecule has 0 bridgehead atoms. The molecule has 0 aromatic heterocycles. The highest BCUT2D eigenvalue weighted by Crippen LogP contribution is 2.34. The van der Waals surface area contributed by atoms with Crippen LogP contribution in [0.15, 0.2) is 48.6 Å². The highest BCUT2D eigenvalue weighted by Gasteiger charge is 2.34. The summed E-state index contributed by atoms with van der Waals surface area (Å²) in [6, 6.07) is 4.91. The number of carbonyl (C=O) groups is 2. The Kier molecular flexibility index (Phi) is 7.18. The molecule has 0 radical (unpaired) electrons. The van der Waals surface area contributed by atoms with Gasteiger partial charge in [-0.2, -0.15) is 13.2 Å². The van der Waals surface area contributed by atoms with Gasteiger partial charge in [-0.05, 0) is 19.1 Å². The first-order valence-corrected chi connectivity index (χ1v) is 8.69. The standard InChI is InChI=1S/C19H22F3N3O2/c1-2-3-4-9-18(27)25-12-10-24(11-13-25)14-17(26)23-16-8-6-5-7-15(16)19(20,21)22/h2-9H,10-14H2,1H3,(H,23,26)/p+1/b3-2+,9-4+. The van der Waals surface area contributed by atoms with E-state index < -0.39 is 17.6 Å². The molecule has 8 heteroatoms. The van der Waals surface area contributed by atoms with Gasteiger partial charge in [-0.3, -0.25) is 9.59 Å². The van der Waals surface area contributed by atoms with Gasteiger partial charge in [0, 0.05) is 6.08 Å². The lowest BCUT2D eigenvalue weighted by molar-refractivity contribution is -0.895. The van der Waals surface area contributed by atoms with Crippen LogP contribution in [-0.4, -0.2) is 49.4 Å². The molecule has 1 heterocycles. The molecule has 146 valence electrons. The SMILES string of the molecule is C/C=C/C=C/C(=O)N1CC[NH+](CC(=O)Nc2ccccc2C(F)(F)F)CC1. The number of halogens is 3. The van der Waals surface area contributed by atoms with Crippen molar-refractivity contribution in [3.05, 3.63) is 54.1 Å². The van der Waals surface area contributed by atoms with E-state index in [1.54, 1.807) is 17.1 Å². The Morgan fingerprint density at radius 3 is 2.48 bits per heavy atom. The van der Waals surface area contributed by atoms with Crippen LogP contribution >= 0.6 is 0 Å². The summed E-state index contributed by atoms with van der Waals surface area (Å²) in [5.41, 5.74) is -1.10. The molecule has 1 aromatic rings. The van der Waals surface area contributed by atoms with Crippen molar-refractivity contribution in [2.24, 2.45) is 0 Å². The van der Waals surface area contributed by atoms with Gasteiger partial charge >= 0.3 is 6.18 Å². The van der Waals surface area contributed by atoms with Crippen LogP contribution < -0.4 is 10.2 Å². The average molecular weight is 382 g/mol. The van der Waals surface area contributed by atoms with Gasteiger partial charge in [0.2, 0.25) is 5.91 Å². The minimum atomic E-state index is -4.52. The Bertz CT molecular complexity index is 721. The zero-order valence-corrected chi connectivity index (χ0v) is 15.1. The fraction of sp³-hybridized carbons (Fsp3) is 0.368. The topological polar surface area (TPSA) is 53.9 Å². The number of rotatable bonds is 5. The van der Waals surface area contributed by atoms with Crippen molar-refractivity contribution in [2.75, 3.05) is 38.0 Å². The van der Waals surface area contributed by atoms with Crippen molar-refractivity contribution in [3.63, 3.8) is 0 Å². The van der Waals surface area contributed by atoms with Crippen LogP contribution in [0.5, 0.6) is 0 Å². The van der Waals surface area contributed by atoms with E-state index in [1.807, 2.05) is 13.0 Å². The van der Waals surface area contributed by atoms with Crippen LogP contribution in [0.2, 0.25) is 0 Å². The number of nitrogens with one attached hydrogen (secondary N) is 2. The second-order valence-corrected chi connectivity index (χ2v) is 6.23. The van der Waals surface area contributed by atoms with Crippen molar-refractivity contribution in [2.45, 2.75) is 13.1 Å². The third kappa shape index (κ3) is 6.25.